The van der Waals surface area contributed by atoms with E-state index in [-0.39, 0.29) is 35.8 Å². The highest BCUT2D eigenvalue weighted by Crippen LogP contribution is 2.09. The number of nitrogens with one attached hydrogen (secondary N) is 2. The second-order valence-corrected chi connectivity index (χ2v) is 7.23. The molecular weight excluding hydrogens is 427 g/mol. The van der Waals surface area contributed by atoms with Gasteiger partial charge in [-0.25, -0.2) is 18.1 Å². The number of hydrogen-bond acceptors (Lipinski definition) is 3. The number of hydrogen-bond donors (Lipinski definition) is 3. The van der Waals surface area contributed by atoms with Crippen LogP contribution in [-0.2, 0) is 22.3 Å². The first kappa shape index (κ1) is 22.1. The van der Waals surface area contributed by atoms with Crippen molar-refractivity contribution in [1.29, 1.82) is 0 Å². The summed E-state index contributed by atoms with van der Waals surface area (Å²) in [5, 5.41) is 3.00. The molecule has 0 aromatic heterocycles. The summed E-state index contributed by atoms with van der Waals surface area (Å²) in [6.07, 6.45) is 0.990. The van der Waals surface area contributed by atoms with Crippen LogP contribution in [-0.4, -0.2) is 27.0 Å². The summed E-state index contributed by atoms with van der Waals surface area (Å²) in [5.41, 5.74) is 7.45. The Morgan fingerprint density at radius 1 is 1.22 bits per heavy atom. The molecule has 0 saturated heterocycles. The average molecular weight is 454 g/mol. The van der Waals surface area contributed by atoms with Gasteiger partial charge in [-0.1, -0.05) is 31.2 Å². The molecule has 0 aliphatic carbocycles. The van der Waals surface area contributed by atoms with Crippen LogP contribution in [0.4, 0.5) is 0 Å². The Morgan fingerprint density at radius 3 is 2.30 bits per heavy atom. The lowest BCUT2D eigenvalue weighted by Crippen LogP contribution is -2.32. The van der Waals surface area contributed by atoms with Crippen LogP contribution in [0, 0.1) is 0 Å². The zero-order valence-electron chi connectivity index (χ0n) is 13.9. The van der Waals surface area contributed by atoms with Crippen LogP contribution in [0.15, 0.2) is 29.3 Å². The van der Waals surface area contributed by atoms with Crippen molar-refractivity contribution in [2.75, 3.05) is 6.54 Å². The quantitative estimate of drug-likeness (QED) is 0.318. The zero-order valence-corrected chi connectivity index (χ0v) is 17.0. The molecule has 132 valence electrons. The molecule has 6 nitrogen and oxygen atoms in total. The maximum atomic E-state index is 11.9. The Morgan fingerprint density at radius 2 is 1.78 bits per heavy atom. The predicted molar refractivity (Wildman–Crippen MR) is 106 cm³/mol. The lowest BCUT2D eigenvalue weighted by atomic mass is 10.1. The van der Waals surface area contributed by atoms with Crippen LogP contribution in [0.1, 0.15) is 38.3 Å². The molecule has 1 rings (SSSR count). The van der Waals surface area contributed by atoms with Crippen LogP contribution in [0.5, 0.6) is 0 Å². The fraction of sp³-hybridized carbons (Fsp3) is 0.533. The molecule has 0 radical (unpaired) electrons. The lowest BCUT2D eigenvalue weighted by Gasteiger charge is -2.09. The fourth-order valence-corrected chi connectivity index (χ4v) is 3.28. The van der Waals surface area contributed by atoms with E-state index >= 15 is 0 Å². The van der Waals surface area contributed by atoms with Gasteiger partial charge in [0.1, 0.15) is 0 Å². The van der Waals surface area contributed by atoms with E-state index < -0.39 is 10.0 Å². The summed E-state index contributed by atoms with van der Waals surface area (Å²) in [6.45, 7) is 6.93. The summed E-state index contributed by atoms with van der Waals surface area (Å²) < 4.78 is 26.3. The minimum absolute atomic E-state index is 0. The van der Waals surface area contributed by atoms with Gasteiger partial charge in [-0.15, -0.1) is 24.0 Å². The molecule has 0 amide bonds. The summed E-state index contributed by atoms with van der Waals surface area (Å²) in [7, 11) is -3.29. The van der Waals surface area contributed by atoms with Gasteiger partial charge in [-0.2, -0.15) is 0 Å². The van der Waals surface area contributed by atoms with E-state index in [2.05, 4.69) is 22.0 Å². The second kappa shape index (κ2) is 10.8. The molecular formula is C15H27IN4O2S. The van der Waals surface area contributed by atoms with E-state index in [9.17, 15) is 8.42 Å². The molecule has 1 aromatic rings. The number of nitrogens with two attached hydrogens (primary N) is 1. The van der Waals surface area contributed by atoms with Crippen molar-refractivity contribution in [3.63, 3.8) is 0 Å². The molecule has 0 heterocycles. The molecule has 1 aromatic carbocycles. The third-order valence-corrected chi connectivity index (χ3v) is 4.33. The van der Waals surface area contributed by atoms with E-state index in [4.69, 9.17) is 5.73 Å². The van der Waals surface area contributed by atoms with Gasteiger partial charge in [-0.05, 0) is 31.4 Å². The standard InChI is InChI=1S/C15H26N4O2S.HI/c1-4-9-17-15(16)18-10-13-5-7-14(8-6-13)11-22(20,21)19-12(2)3;/h5-8,12,19H,4,9-11H2,1-3H3,(H3,16,17,18);1H. The first-order chi connectivity index (χ1) is 10.3. The van der Waals surface area contributed by atoms with E-state index in [1.807, 2.05) is 12.1 Å². The third kappa shape index (κ3) is 9.77. The van der Waals surface area contributed by atoms with Crippen molar-refractivity contribution < 1.29 is 8.42 Å². The minimum Gasteiger partial charge on any atom is -0.370 e. The maximum Gasteiger partial charge on any atom is 0.216 e. The Bertz CT molecular complexity index is 586. The SMILES string of the molecule is CCCNC(N)=NCc1ccc(CS(=O)(=O)NC(C)C)cc1.I. The van der Waals surface area contributed by atoms with Crippen molar-refractivity contribution in [3.8, 4) is 0 Å². The van der Waals surface area contributed by atoms with E-state index in [0.717, 1.165) is 24.1 Å². The number of rotatable bonds is 8. The summed E-state index contributed by atoms with van der Waals surface area (Å²) in [5.74, 6) is 0.407. The van der Waals surface area contributed by atoms with E-state index in [0.29, 0.717) is 12.5 Å². The lowest BCUT2D eigenvalue weighted by molar-refractivity contribution is 0.569. The van der Waals surface area contributed by atoms with E-state index in [1.165, 1.54) is 0 Å². The molecule has 23 heavy (non-hydrogen) atoms. The molecule has 0 aliphatic rings. The van der Waals surface area contributed by atoms with Crippen LogP contribution in [0.25, 0.3) is 0 Å². The number of guanidine groups is 1. The first-order valence-corrected chi connectivity index (χ1v) is 9.09. The Labute approximate surface area is 156 Å². The Balaban J connectivity index is 0.00000484. The zero-order chi connectivity index (χ0) is 16.6. The van der Waals surface area contributed by atoms with Crippen LogP contribution >= 0.6 is 24.0 Å². The van der Waals surface area contributed by atoms with Crippen molar-refractivity contribution >= 4 is 40.0 Å². The fourth-order valence-electron chi connectivity index (χ4n) is 1.85. The molecule has 8 heteroatoms. The molecule has 0 fully saturated rings. The first-order valence-electron chi connectivity index (χ1n) is 7.44. The van der Waals surface area contributed by atoms with Crippen LogP contribution < -0.4 is 15.8 Å². The minimum atomic E-state index is -3.29. The van der Waals surface area contributed by atoms with Gasteiger partial charge in [0.15, 0.2) is 5.96 Å². The number of nitrogens with zero attached hydrogens (tertiary/aromatic N) is 1. The van der Waals surface area contributed by atoms with Crippen molar-refractivity contribution in [2.45, 2.75) is 45.5 Å². The topological polar surface area (TPSA) is 96.6 Å². The number of halogens is 1. The molecule has 0 unspecified atom stereocenters. The monoisotopic (exact) mass is 454 g/mol. The number of aliphatic imine (C=N–C) groups is 1. The van der Waals surface area contributed by atoms with Crippen molar-refractivity contribution in [2.24, 2.45) is 10.7 Å². The summed E-state index contributed by atoms with van der Waals surface area (Å²) in [4.78, 5) is 4.23. The summed E-state index contributed by atoms with van der Waals surface area (Å²) in [6, 6.07) is 7.26. The maximum absolute atomic E-state index is 11.9. The predicted octanol–water partition coefficient (Wildman–Crippen LogP) is 1.95. The van der Waals surface area contributed by atoms with E-state index in [1.54, 1.807) is 26.0 Å². The molecule has 0 atom stereocenters. The summed E-state index contributed by atoms with van der Waals surface area (Å²) >= 11 is 0. The Kier molecular flexibility index (Phi) is 10.4. The molecule has 4 N–H and O–H groups in total. The third-order valence-electron chi connectivity index (χ3n) is 2.78. The average Bonchev–Trinajstić information content (AvgIpc) is 2.42. The van der Waals surface area contributed by atoms with Gasteiger partial charge < -0.3 is 11.1 Å². The highest BCUT2D eigenvalue weighted by molar-refractivity contribution is 14.0. The van der Waals surface area contributed by atoms with Gasteiger partial charge in [0.2, 0.25) is 10.0 Å². The van der Waals surface area contributed by atoms with Gasteiger partial charge >= 0.3 is 0 Å². The van der Waals surface area contributed by atoms with Crippen molar-refractivity contribution in [1.82, 2.24) is 10.0 Å². The molecule has 0 spiro atoms. The Hall–Kier alpha value is -0.870. The van der Waals surface area contributed by atoms with Crippen LogP contribution in [0.2, 0.25) is 0 Å². The highest BCUT2D eigenvalue weighted by atomic mass is 127. The molecule has 0 saturated carbocycles. The molecule has 0 bridgehead atoms. The van der Waals surface area contributed by atoms with Crippen molar-refractivity contribution in [3.05, 3.63) is 35.4 Å². The van der Waals surface area contributed by atoms with Gasteiger partial charge in [-0.3, -0.25) is 0 Å². The number of sulfonamides is 1. The van der Waals surface area contributed by atoms with Gasteiger partial charge in [0.25, 0.3) is 0 Å². The van der Waals surface area contributed by atoms with Gasteiger partial charge in [0, 0.05) is 12.6 Å². The van der Waals surface area contributed by atoms with Gasteiger partial charge in [0.05, 0.1) is 12.3 Å². The molecule has 0 aliphatic heterocycles. The largest absolute Gasteiger partial charge is 0.370 e. The smallest absolute Gasteiger partial charge is 0.216 e. The van der Waals surface area contributed by atoms with Crippen LogP contribution in [0.3, 0.4) is 0 Å². The number of benzene rings is 1. The highest BCUT2D eigenvalue weighted by Gasteiger charge is 2.12. The normalized spacial score (nSPS) is 12.1. The second-order valence-electron chi connectivity index (χ2n) is 5.48.